The van der Waals surface area contributed by atoms with E-state index < -0.39 is 0 Å². The molecule has 1 nitrogen and oxygen atoms in total. The summed E-state index contributed by atoms with van der Waals surface area (Å²) in [6.07, 6.45) is 0. The largest absolute Gasteiger partial charge is 0.258 e. The van der Waals surface area contributed by atoms with Gasteiger partial charge in [-0.2, -0.15) is 0 Å². The number of hydrogen-bond donors (Lipinski definition) is 0. The minimum Gasteiger partial charge on any atom is -0.258 e. The lowest BCUT2D eigenvalue weighted by Gasteiger charge is -2.08. The predicted octanol–water partition coefficient (Wildman–Crippen LogP) is 3.98. The summed E-state index contributed by atoms with van der Waals surface area (Å²) in [4.78, 5) is 4.48. The molecule has 15 heavy (non-hydrogen) atoms. The smallest absolute Gasteiger partial charge is 0.0454 e. The van der Waals surface area contributed by atoms with Crippen molar-refractivity contribution in [2.45, 2.75) is 33.6 Å². The van der Waals surface area contributed by atoms with Crippen LogP contribution in [0.5, 0.6) is 0 Å². The van der Waals surface area contributed by atoms with Crippen LogP contribution >= 0.6 is 0 Å². The van der Waals surface area contributed by atoms with Gasteiger partial charge in [-0.3, -0.25) is 4.98 Å². The van der Waals surface area contributed by atoms with Crippen molar-refractivity contribution >= 4 is 10.8 Å². The number of aryl methyl sites for hydroxylation is 2. The molecule has 1 aromatic carbocycles. The van der Waals surface area contributed by atoms with E-state index in [4.69, 9.17) is 0 Å². The Hall–Kier alpha value is -1.37. The van der Waals surface area contributed by atoms with Crippen LogP contribution in [-0.4, -0.2) is 4.98 Å². The fraction of sp³-hybridized carbons (Fsp3) is 0.357. The van der Waals surface area contributed by atoms with E-state index in [0.29, 0.717) is 5.92 Å². The average molecular weight is 199 g/mol. The van der Waals surface area contributed by atoms with Crippen molar-refractivity contribution in [3.8, 4) is 0 Å². The first-order chi connectivity index (χ1) is 7.08. The minimum atomic E-state index is 0.586. The summed E-state index contributed by atoms with van der Waals surface area (Å²) in [5, 5.41) is 2.58. The van der Waals surface area contributed by atoms with Crippen molar-refractivity contribution < 1.29 is 0 Å². The molecule has 78 valence electrons. The number of rotatable bonds is 1. The van der Waals surface area contributed by atoms with E-state index in [9.17, 15) is 0 Å². The van der Waals surface area contributed by atoms with Crippen LogP contribution in [0.4, 0.5) is 0 Å². The van der Waals surface area contributed by atoms with Crippen molar-refractivity contribution in [2.75, 3.05) is 0 Å². The Morgan fingerprint density at radius 1 is 1.07 bits per heavy atom. The van der Waals surface area contributed by atoms with Crippen LogP contribution < -0.4 is 0 Å². The van der Waals surface area contributed by atoms with Gasteiger partial charge in [-0.05, 0) is 36.8 Å². The lowest BCUT2D eigenvalue weighted by atomic mass is 9.99. The molecule has 0 fully saturated rings. The third-order valence-electron chi connectivity index (χ3n) is 2.84. The van der Waals surface area contributed by atoms with Gasteiger partial charge in [0.25, 0.3) is 0 Å². The maximum atomic E-state index is 4.48. The minimum absolute atomic E-state index is 0.586. The second-order valence-electron chi connectivity index (χ2n) is 4.48. The molecule has 2 rings (SSSR count). The maximum Gasteiger partial charge on any atom is 0.0454 e. The average Bonchev–Trinajstić information content (AvgIpc) is 2.16. The third kappa shape index (κ3) is 1.87. The van der Waals surface area contributed by atoms with E-state index in [1.165, 1.54) is 16.3 Å². The van der Waals surface area contributed by atoms with Crippen LogP contribution in [0.25, 0.3) is 10.8 Å². The van der Waals surface area contributed by atoms with Gasteiger partial charge in [0, 0.05) is 16.8 Å². The lowest BCUT2D eigenvalue weighted by molar-refractivity contribution is 0.868. The SMILES string of the molecule is Cc1cc2cc(C(C)C)ccc2c(C)n1. The van der Waals surface area contributed by atoms with Gasteiger partial charge in [0.15, 0.2) is 0 Å². The summed E-state index contributed by atoms with van der Waals surface area (Å²) in [6, 6.07) is 8.83. The van der Waals surface area contributed by atoms with Crippen LogP contribution in [0.1, 0.15) is 36.7 Å². The van der Waals surface area contributed by atoms with Crippen molar-refractivity contribution in [3.05, 3.63) is 41.2 Å². The maximum absolute atomic E-state index is 4.48. The number of nitrogens with zero attached hydrogens (tertiary/aromatic N) is 1. The van der Waals surface area contributed by atoms with E-state index >= 15 is 0 Å². The van der Waals surface area contributed by atoms with E-state index in [0.717, 1.165) is 11.4 Å². The molecule has 0 N–H and O–H groups in total. The summed E-state index contributed by atoms with van der Waals surface area (Å²) < 4.78 is 0. The first kappa shape index (κ1) is 10.2. The summed E-state index contributed by atoms with van der Waals surface area (Å²) in [5.41, 5.74) is 3.62. The second kappa shape index (κ2) is 3.65. The first-order valence-electron chi connectivity index (χ1n) is 5.46. The molecule has 0 aliphatic carbocycles. The third-order valence-corrected chi connectivity index (χ3v) is 2.84. The first-order valence-corrected chi connectivity index (χ1v) is 5.46. The fourth-order valence-electron chi connectivity index (χ4n) is 1.97. The van der Waals surface area contributed by atoms with E-state index in [1.54, 1.807) is 0 Å². The van der Waals surface area contributed by atoms with Gasteiger partial charge < -0.3 is 0 Å². The topological polar surface area (TPSA) is 12.9 Å². The molecule has 0 radical (unpaired) electrons. The van der Waals surface area contributed by atoms with Crippen LogP contribution in [0.15, 0.2) is 24.3 Å². The molecule has 0 aliphatic heterocycles. The van der Waals surface area contributed by atoms with E-state index in [2.05, 4.69) is 56.9 Å². The Morgan fingerprint density at radius 2 is 1.80 bits per heavy atom. The monoisotopic (exact) mass is 199 g/mol. The highest BCUT2D eigenvalue weighted by Crippen LogP contribution is 2.23. The molecule has 1 heterocycles. The molecule has 0 amide bonds. The Kier molecular flexibility index (Phi) is 2.47. The molecule has 0 saturated carbocycles. The summed E-state index contributed by atoms with van der Waals surface area (Å²) in [7, 11) is 0. The number of benzene rings is 1. The van der Waals surface area contributed by atoms with Gasteiger partial charge in [-0.15, -0.1) is 0 Å². The van der Waals surface area contributed by atoms with Crippen LogP contribution in [0, 0.1) is 13.8 Å². The summed E-state index contributed by atoms with van der Waals surface area (Å²) >= 11 is 0. The molecule has 0 spiro atoms. The van der Waals surface area contributed by atoms with Crippen LogP contribution in [0.2, 0.25) is 0 Å². The van der Waals surface area contributed by atoms with Crippen molar-refractivity contribution in [3.63, 3.8) is 0 Å². The Morgan fingerprint density at radius 3 is 2.47 bits per heavy atom. The number of fused-ring (bicyclic) bond motifs is 1. The fourth-order valence-corrected chi connectivity index (χ4v) is 1.97. The highest BCUT2D eigenvalue weighted by atomic mass is 14.7. The van der Waals surface area contributed by atoms with Gasteiger partial charge in [-0.25, -0.2) is 0 Å². The molecule has 1 heteroatoms. The number of hydrogen-bond acceptors (Lipinski definition) is 1. The lowest BCUT2D eigenvalue weighted by Crippen LogP contribution is -1.91. The number of aromatic nitrogens is 1. The number of pyridine rings is 1. The zero-order chi connectivity index (χ0) is 11.0. The van der Waals surface area contributed by atoms with Gasteiger partial charge in [-0.1, -0.05) is 32.0 Å². The standard InChI is InChI=1S/C14H17N/c1-9(2)12-5-6-14-11(4)15-10(3)7-13(14)8-12/h5-9H,1-4H3. The highest BCUT2D eigenvalue weighted by molar-refractivity contribution is 5.85. The molecule has 0 aliphatic rings. The Balaban J connectivity index is 2.71. The van der Waals surface area contributed by atoms with Crippen molar-refractivity contribution in [1.29, 1.82) is 0 Å². The molecular formula is C14H17N. The molecule has 0 unspecified atom stereocenters. The normalized spacial score (nSPS) is 11.3. The predicted molar refractivity (Wildman–Crippen MR) is 65.3 cm³/mol. The zero-order valence-corrected chi connectivity index (χ0v) is 9.83. The summed E-state index contributed by atoms with van der Waals surface area (Å²) in [6.45, 7) is 8.57. The van der Waals surface area contributed by atoms with Gasteiger partial charge in [0.2, 0.25) is 0 Å². The molecule has 1 aromatic heterocycles. The molecule has 2 aromatic rings. The van der Waals surface area contributed by atoms with Gasteiger partial charge in [0.05, 0.1) is 0 Å². The Labute approximate surface area is 91.2 Å². The molecular weight excluding hydrogens is 182 g/mol. The molecule has 0 bridgehead atoms. The molecule has 0 atom stereocenters. The van der Waals surface area contributed by atoms with Gasteiger partial charge >= 0.3 is 0 Å². The van der Waals surface area contributed by atoms with Crippen LogP contribution in [0.3, 0.4) is 0 Å². The van der Waals surface area contributed by atoms with Crippen molar-refractivity contribution in [2.24, 2.45) is 0 Å². The van der Waals surface area contributed by atoms with E-state index in [-0.39, 0.29) is 0 Å². The summed E-state index contributed by atoms with van der Waals surface area (Å²) in [5.74, 6) is 0.586. The van der Waals surface area contributed by atoms with Crippen molar-refractivity contribution in [1.82, 2.24) is 4.98 Å². The van der Waals surface area contributed by atoms with Crippen LogP contribution in [-0.2, 0) is 0 Å². The highest BCUT2D eigenvalue weighted by Gasteiger charge is 2.03. The van der Waals surface area contributed by atoms with Gasteiger partial charge in [0.1, 0.15) is 0 Å². The second-order valence-corrected chi connectivity index (χ2v) is 4.48. The quantitative estimate of drug-likeness (QED) is 0.677. The zero-order valence-electron chi connectivity index (χ0n) is 9.83. The Bertz CT molecular complexity index is 498. The molecule has 0 saturated heterocycles. The van der Waals surface area contributed by atoms with E-state index in [1.807, 2.05) is 0 Å².